The fraction of sp³-hybridized carbons (Fsp3) is 0.824. The van der Waals surface area contributed by atoms with Gasteiger partial charge in [-0.25, -0.2) is 0 Å². The standard InChI is InChI=1S/C34H63N5O9/c1-17(2)12-23(37-33(47)31(21(9)10)39-34(48)30(20(7)8)38-27(42)14-19(5)6)25(40)15-28(43)35-22(11)32(46)36-24(13-18(3)4)26(41)16-29(44)45/h17-26,30-31,40-41H,12-16H2,1-11H3,(H,35,43)(H,36,46)(H,37,47)(H,38,42)(H,39,48)(H,44,45)/t22-,23-,24-,25?,26?,30-,31-/m0/s1. The maximum Gasteiger partial charge on any atom is 0.306 e. The number of rotatable bonds is 22. The molecule has 2 unspecified atom stereocenters. The minimum absolute atomic E-state index is 0.0152. The zero-order chi connectivity index (χ0) is 37.5. The van der Waals surface area contributed by atoms with Crippen molar-refractivity contribution in [2.75, 3.05) is 0 Å². The Morgan fingerprint density at radius 3 is 1.29 bits per heavy atom. The van der Waals surface area contributed by atoms with Crippen LogP contribution in [0.5, 0.6) is 0 Å². The van der Waals surface area contributed by atoms with E-state index in [1.165, 1.54) is 6.92 Å². The quantitative estimate of drug-likeness (QED) is 0.0825. The van der Waals surface area contributed by atoms with Crippen LogP contribution in [0.2, 0.25) is 0 Å². The van der Waals surface area contributed by atoms with Crippen LogP contribution < -0.4 is 26.6 Å². The molecule has 0 aromatic carbocycles. The molecule has 0 saturated carbocycles. The van der Waals surface area contributed by atoms with Gasteiger partial charge in [0.2, 0.25) is 29.5 Å². The van der Waals surface area contributed by atoms with E-state index in [1.54, 1.807) is 27.7 Å². The SMILES string of the molecule is CC(C)CC(=O)N[C@H](C(=O)N[C@H](C(=O)N[C@@H](CC(C)C)C(O)CC(=O)N[C@@H](C)C(=O)N[C@@H](CC(C)C)C(O)CC(=O)O)C(C)C)C(C)C. The van der Waals surface area contributed by atoms with Crippen molar-refractivity contribution in [3.8, 4) is 0 Å². The molecule has 7 atom stereocenters. The van der Waals surface area contributed by atoms with Crippen molar-refractivity contribution in [3.05, 3.63) is 0 Å². The van der Waals surface area contributed by atoms with Gasteiger partial charge in [0.1, 0.15) is 18.1 Å². The first-order chi connectivity index (χ1) is 22.0. The molecule has 0 aliphatic heterocycles. The van der Waals surface area contributed by atoms with Crippen LogP contribution in [0.3, 0.4) is 0 Å². The molecule has 0 aliphatic rings. The Hall–Kier alpha value is -3.26. The lowest BCUT2D eigenvalue weighted by Gasteiger charge is -2.31. The molecule has 5 amide bonds. The van der Waals surface area contributed by atoms with Gasteiger partial charge in [0.05, 0.1) is 37.1 Å². The lowest BCUT2D eigenvalue weighted by atomic mass is 9.95. The van der Waals surface area contributed by atoms with Crippen LogP contribution in [-0.2, 0) is 28.8 Å². The van der Waals surface area contributed by atoms with E-state index in [0.29, 0.717) is 12.8 Å². The molecule has 0 aliphatic carbocycles. The van der Waals surface area contributed by atoms with Crippen LogP contribution in [0.4, 0.5) is 0 Å². The van der Waals surface area contributed by atoms with Crippen LogP contribution in [0.1, 0.15) is 108 Å². The third-order valence-corrected chi connectivity index (χ3v) is 7.69. The van der Waals surface area contributed by atoms with E-state index in [1.807, 2.05) is 41.5 Å². The fourth-order valence-electron chi connectivity index (χ4n) is 5.16. The second-order valence-corrected chi connectivity index (χ2v) is 14.8. The maximum atomic E-state index is 13.5. The van der Waals surface area contributed by atoms with Gasteiger partial charge < -0.3 is 41.9 Å². The molecule has 278 valence electrons. The van der Waals surface area contributed by atoms with Crippen molar-refractivity contribution < 1.29 is 44.1 Å². The third kappa shape index (κ3) is 17.8. The van der Waals surface area contributed by atoms with Gasteiger partial charge in [-0.05, 0) is 49.4 Å². The average Bonchev–Trinajstić information content (AvgIpc) is 2.91. The van der Waals surface area contributed by atoms with Crippen molar-refractivity contribution in [2.24, 2.45) is 29.6 Å². The second-order valence-electron chi connectivity index (χ2n) is 14.8. The number of carboxylic acids is 1. The smallest absolute Gasteiger partial charge is 0.306 e. The third-order valence-electron chi connectivity index (χ3n) is 7.69. The normalized spacial score (nSPS) is 16.1. The summed E-state index contributed by atoms with van der Waals surface area (Å²) in [6, 6.07) is -4.61. The predicted molar refractivity (Wildman–Crippen MR) is 182 cm³/mol. The number of carboxylic acid groups (broad SMARTS) is 1. The van der Waals surface area contributed by atoms with E-state index < -0.39 is 84.9 Å². The maximum absolute atomic E-state index is 13.5. The molecule has 0 rings (SSSR count). The molecule has 0 bridgehead atoms. The van der Waals surface area contributed by atoms with Crippen molar-refractivity contribution in [2.45, 2.75) is 151 Å². The Balaban J connectivity index is 5.60. The summed E-state index contributed by atoms with van der Waals surface area (Å²) in [4.78, 5) is 75.9. The van der Waals surface area contributed by atoms with E-state index in [4.69, 9.17) is 5.11 Å². The highest BCUT2D eigenvalue weighted by molar-refractivity contribution is 5.92. The van der Waals surface area contributed by atoms with Gasteiger partial charge in [0, 0.05) is 6.42 Å². The Morgan fingerprint density at radius 2 is 0.875 bits per heavy atom. The lowest BCUT2D eigenvalue weighted by molar-refractivity contribution is -0.140. The number of hydrogen-bond acceptors (Lipinski definition) is 8. The summed E-state index contributed by atoms with van der Waals surface area (Å²) >= 11 is 0. The van der Waals surface area contributed by atoms with Crippen molar-refractivity contribution >= 4 is 35.5 Å². The highest BCUT2D eigenvalue weighted by Gasteiger charge is 2.34. The molecule has 0 spiro atoms. The number of aliphatic hydroxyl groups excluding tert-OH is 2. The van der Waals surface area contributed by atoms with Crippen LogP contribution in [0, 0.1) is 29.6 Å². The predicted octanol–water partition coefficient (Wildman–Crippen LogP) is 1.47. The lowest BCUT2D eigenvalue weighted by Crippen LogP contribution is -2.59. The van der Waals surface area contributed by atoms with Gasteiger partial charge in [0.15, 0.2) is 0 Å². The zero-order valence-corrected chi connectivity index (χ0v) is 30.8. The van der Waals surface area contributed by atoms with Crippen molar-refractivity contribution in [1.29, 1.82) is 0 Å². The van der Waals surface area contributed by atoms with Gasteiger partial charge in [-0.15, -0.1) is 0 Å². The van der Waals surface area contributed by atoms with E-state index in [0.717, 1.165) is 0 Å². The molecular formula is C34H63N5O9. The van der Waals surface area contributed by atoms with E-state index in [9.17, 15) is 39.0 Å². The molecule has 0 fully saturated rings. The molecule has 0 aromatic heterocycles. The zero-order valence-electron chi connectivity index (χ0n) is 30.8. The number of aliphatic carboxylic acids is 1. The average molecular weight is 686 g/mol. The monoisotopic (exact) mass is 685 g/mol. The minimum atomic E-state index is -1.33. The summed E-state index contributed by atoms with van der Waals surface area (Å²) in [5.74, 6) is -4.25. The summed E-state index contributed by atoms with van der Waals surface area (Å²) in [5, 5.41) is 43.9. The number of amides is 5. The van der Waals surface area contributed by atoms with Crippen LogP contribution >= 0.6 is 0 Å². The highest BCUT2D eigenvalue weighted by atomic mass is 16.4. The summed E-state index contributed by atoms with van der Waals surface area (Å²) in [5.41, 5.74) is 0. The molecule has 0 saturated heterocycles. The molecule has 0 aromatic rings. The molecular weight excluding hydrogens is 622 g/mol. The Morgan fingerprint density at radius 1 is 0.479 bits per heavy atom. The topological polar surface area (TPSA) is 223 Å². The van der Waals surface area contributed by atoms with Gasteiger partial charge in [0.25, 0.3) is 0 Å². The Kier molecular flexibility index (Phi) is 20.2. The van der Waals surface area contributed by atoms with Crippen molar-refractivity contribution in [3.63, 3.8) is 0 Å². The van der Waals surface area contributed by atoms with E-state index in [2.05, 4.69) is 26.6 Å². The first kappa shape index (κ1) is 44.7. The first-order valence-electron chi connectivity index (χ1n) is 17.1. The first-order valence-corrected chi connectivity index (χ1v) is 17.1. The number of carbonyl (C=O) groups is 6. The van der Waals surface area contributed by atoms with Gasteiger partial charge in [-0.1, -0.05) is 69.2 Å². The van der Waals surface area contributed by atoms with Gasteiger partial charge >= 0.3 is 5.97 Å². The van der Waals surface area contributed by atoms with Gasteiger partial charge in [-0.2, -0.15) is 0 Å². The summed E-state index contributed by atoms with van der Waals surface area (Å²) in [6.45, 7) is 19.8. The number of aliphatic hydroxyl groups is 2. The largest absolute Gasteiger partial charge is 0.481 e. The number of nitrogens with one attached hydrogen (secondary N) is 5. The van der Waals surface area contributed by atoms with Crippen LogP contribution in [0.25, 0.3) is 0 Å². The van der Waals surface area contributed by atoms with Crippen LogP contribution in [-0.4, -0.2) is 93.2 Å². The molecule has 0 radical (unpaired) electrons. The Labute approximate surface area is 286 Å². The number of carbonyl (C=O) groups excluding carboxylic acids is 5. The van der Waals surface area contributed by atoms with E-state index >= 15 is 0 Å². The molecule has 48 heavy (non-hydrogen) atoms. The van der Waals surface area contributed by atoms with Gasteiger partial charge in [-0.3, -0.25) is 28.8 Å². The molecule has 14 heteroatoms. The summed E-state index contributed by atoms with van der Waals surface area (Å²) < 4.78 is 0. The van der Waals surface area contributed by atoms with Crippen LogP contribution in [0.15, 0.2) is 0 Å². The van der Waals surface area contributed by atoms with Crippen molar-refractivity contribution in [1.82, 2.24) is 26.6 Å². The number of hydrogen-bond donors (Lipinski definition) is 8. The Bertz CT molecular complexity index is 1060. The van der Waals surface area contributed by atoms with E-state index in [-0.39, 0.29) is 41.9 Å². The molecule has 8 N–H and O–H groups in total. The fourth-order valence-corrected chi connectivity index (χ4v) is 5.16. The second kappa shape index (κ2) is 21.7. The summed E-state index contributed by atoms with van der Waals surface area (Å²) in [6.07, 6.45) is -2.76. The molecule has 0 heterocycles. The summed E-state index contributed by atoms with van der Waals surface area (Å²) in [7, 11) is 0. The molecule has 14 nitrogen and oxygen atoms in total. The minimum Gasteiger partial charge on any atom is -0.481 e. The highest BCUT2D eigenvalue weighted by Crippen LogP contribution is 2.15.